The third kappa shape index (κ3) is 7.20. The molecule has 0 spiro atoms. The Bertz CT molecular complexity index is 1320. The maximum Gasteiger partial charge on any atom is 0.238 e. The van der Waals surface area contributed by atoms with Crippen LogP contribution in [0.4, 0.5) is 0 Å². The number of nitrogens with two attached hydrogens (primary N) is 1. The predicted molar refractivity (Wildman–Crippen MR) is 119 cm³/mol. The molecule has 176 valence electrons. The van der Waals surface area contributed by atoms with Gasteiger partial charge in [0.15, 0.2) is 15.7 Å². The van der Waals surface area contributed by atoms with Crippen LogP contribution in [0.1, 0.15) is 29.3 Å². The number of benzene rings is 2. The van der Waals surface area contributed by atoms with Gasteiger partial charge in [-0.05, 0) is 43.2 Å². The molecule has 1 heterocycles. The first-order chi connectivity index (χ1) is 15.5. The van der Waals surface area contributed by atoms with E-state index in [1.54, 1.807) is 24.3 Å². The maximum atomic E-state index is 12.5. The number of nitrogens with zero attached hydrogens (tertiary/aromatic N) is 2. The molecule has 3 aromatic rings. The number of carbonyl (C=O) groups excluding carboxylic acids is 1. The Morgan fingerprint density at radius 2 is 1.61 bits per heavy atom. The van der Waals surface area contributed by atoms with Crippen molar-refractivity contribution in [3.63, 3.8) is 0 Å². The maximum absolute atomic E-state index is 12.5. The van der Waals surface area contributed by atoms with Gasteiger partial charge in [-0.25, -0.2) is 22.0 Å². The van der Waals surface area contributed by atoms with Crippen LogP contribution < -0.4 is 10.5 Å². The molecule has 1 aromatic heterocycles. The normalized spacial score (nSPS) is 11.9. The molecule has 0 unspecified atom stereocenters. The minimum Gasteiger partial charge on any atom is -0.356 e. The molecule has 0 bridgehead atoms. The average Bonchev–Trinajstić information content (AvgIpc) is 3.19. The summed E-state index contributed by atoms with van der Waals surface area (Å²) in [6.45, 7) is 2.23. The van der Waals surface area contributed by atoms with E-state index in [9.17, 15) is 21.6 Å². The van der Waals surface area contributed by atoms with E-state index < -0.39 is 25.6 Å². The number of carbonyl (C=O) groups is 1. The molecule has 1 amide bonds. The number of nitrogens with one attached hydrogen (secondary N) is 1. The van der Waals surface area contributed by atoms with Gasteiger partial charge in [-0.15, -0.1) is 0 Å². The summed E-state index contributed by atoms with van der Waals surface area (Å²) in [7, 11) is -7.34. The third-order valence-electron chi connectivity index (χ3n) is 4.76. The van der Waals surface area contributed by atoms with Crippen molar-refractivity contribution in [2.45, 2.75) is 41.7 Å². The topological polar surface area (TPSA) is 162 Å². The molecule has 0 fully saturated rings. The SMILES string of the molecule is Cc1ccc(S(=O)(=O)Cc2noc(CCC(=O)NCCc3ccc(S(N)(=O)=O)cc3)n2)cc1. The lowest BCUT2D eigenvalue weighted by Gasteiger charge is -2.05. The number of hydrogen-bond donors (Lipinski definition) is 2. The summed E-state index contributed by atoms with van der Waals surface area (Å²) in [6.07, 6.45) is 0.779. The minimum absolute atomic E-state index is 0.0286. The van der Waals surface area contributed by atoms with E-state index in [0.717, 1.165) is 11.1 Å². The molecular weight excluding hydrogens is 468 g/mol. The lowest BCUT2D eigenvalue weighted by molar-refractivity contribution is -0.121. The van der Waals surface area contributed by atoms with Crippen molar-refractivity contribution in [1.29, 1.82) is 0 Å². The first-order valence-electron chi connectivity index (χ1n) is 10.0. The quantitative estimate of drug-likeness (QED) is 0.428. The van der Waals surface area contributed by atoms with Gasteiger partial charge >= 0.3 is 0 Å². The van der Waals surface area contributed by atoms with Gasteiger partial charge in [0, 0.05) is 19.4 Å². The number of hydrogen-bond acceptors (Lipinski definition) is 8. The number of aromatic nitrogens is 2. The molecular formula is C21H24N4O6S2. The van der Waals surface area contributed by atoms with Gasteiger partial charge < -0.3 is 9.84 Å². The van der Waals surface area contributed by atoms with Crippen molar-refractivity contribution >= 4 is 25.8 Å². The summed E-state index contributed by atoms with van der Waals surface area (Å²) in [6, 6.07) is 12.6. The molecule has 0 aliphatic heterocycles. The van der Waals surface area contributed by atoms with Crippen molar-refractivity contribution in [2.75, 3.05) is 6.54 Å². The van der Waals surface area contributed by atoms with Crippen LogP contribution in [-0.2, 0) is 43.2 Å². The van der Waals surface area contributed by atoms with Crippen LogP contribution in [0.25, 0.3) is 0 Å². The molecule has 3 rings (SSSR count). The van der Waals surface area contributed by atoms with E-state index in [4.69, 9.17) is 9.66 Å². The second-order valence-corrected chi connectivity index (χ2v) is 11.0. The fraction of sp³-hybridized carbons (Fsp3) is 0.286. The predicted octanol–water partition coefficient (Wildman–Crippen LogP) is 1.29. The standard InChI is InChI=1S/C21H24N4O6S2/c1-15-2-6-17(7-3-15)32(27,28)14-19-24-21(31-25-19)11-10-20(26)23-13-12-16-4-8-18(9-5-16)33(22,29)30/h2-9H,10-14H2,1H3,(H,23,26)(H2,22,29,30). The van der Waals surface area contributed by atoms with Crippen LogP contribution >= 0.6 is 0 Å². The summed E-state index contributed by atoms with van der Waals surface area (Å²) in [5.74, 6) is -0.411. The highest BCUT2D eigenvalue weighted by atomic mass is 32.2. The molecule has 0 radical (unpaired) electrons. The first-order valence-corrected chi connectivity index (χ1v) is 13.2. The van der Waals surface area contributed by atoms with Crippen molar-refractivity contribution in [3.05, 3.63) is 71.4 Å². The highest BCUT2D eigenvalue weighted by molar-refractivity contribution is 7.90. The van der Waals surface area contributed by atoms with Crippen molar-refractivity contribution in [3.8, 4) is 0 Å². The largest absolute Gasteiger partial charge is 0.356 e. The molecule has 0 aliphatic carbocycles. The number of aryl methyl sites for hydroxylation is 2. The molecule has 0 saturated carbocycles. The molecule has 2 aromatic carbocycles. The number of sulfone groups is 1. The summed E-state index contributed by atoms with van der Waals surface area (Å²) in [4.78, 5) is 16.3. The Balaban J connectivity index is 1.44. The van der Waals surface area contributed by atoms with Crippen molar-refractivity contribution < 1.29 is 26.2 Å². The van der Waals surface area contributed by atoms with Gasteiger partial charge in [-0.2, -0.15) is 4.98 Å². The zero-order valence-corrected chi connectivity index (χ0v) is 19.5. The van der Waals surface area contributed by atoms with Gasteiger partial charge in [-0.1, -0.05) is 35.0 Å². The number of rotatable bonds is 10. The second-order valence-electron chi connectivity index (χ2n) is 7.47. The monoisotopic (exact) mass is 492 g/mol. The van der Waals surface area contributed by atoms with Crippen molar-refractivity contribution in [1.82, 2.24) is 15.5 Å². The van der Waals surface area contributed by atoms with E-state index in [2.05, 4.69) is 15.5 Å². The first kappa shape index (κ1) is 24.6. The van der Waals surface area contributed by atoms with Crippen LogP contribution in [0.2, 0.25) is 0 Å². The highest BCUT2D eigenvalue weighted by Crippen LogP contribution is 2.16. The zero-order valence-electron chi connectivity index (χ0n) is 17.9. The second kappa shape index (κ2) is 10.2. The molecule has 12 heteroatoms. The smallest absolute Gasteiger partial charge is 0.238 e. The Morgan fingerprint density at radius 1 is 0.970 bits per heavy atom. The highest BCUT2D eigenvalue weighted by Gasteiger charge is 2.19. The lowest BCUT2D eigenvalue weighted by atomic mass is 10.1. The molecule has 0 atom stereocenters. The molecule has 10 nitrogen and oxygen atoms in total. The fourth-order valence-electron chi connectivity index (χ4n) is 2.95. The van der Waals surface area contributed by atoms with E-state index in [0.29, 0.717) is 13.0 Å². The van der Waals surface area contributed by atoms with Crippen LogP contribution in [0.5, 0.6) is 0 Å². The summed E-state index contributed by atoms with van der Waals surface area (Å²) in [5, 5.41) is 11.5. The summed E-state index contributed by atoms with van der Waals surface area (Å²) >= 11 is 0. The van der Waals surface area contributed by atoms with E-state index in [1.807, 2.05) is 6.92 Å². The van der Waals surface area contributed by atoms with Crippen molar-refractivity contribution in [2.24, 2.45) is 5.14 Å². The zero-order chi connectivity index (χ0) is 24.1. The number of sulfonamides is 1. The summed E-state index contributed by atoms with van der Waals surface area (Å²) < 4.78 is 52.5. The van der Waals surface area contributed by atoms with E-state index in [1.165, 1.54) is 24.3 Å². The Hall–Kier alpha value is -3.09. The van der Waals surface area contributed by atoms with Gasteiger partial charge in [0.1, 0.15) is 5.75 Å². The lowest BCUT2D eigenvalue weighted by Crippen LogP contribution is -2.25. The summed E-state index contributed by atoms with van der Waals surface area (Å²) in [5.41, 5.74) is 1.80. The Labute approximate surface area is 192 Å². The van der Waals surface area contributed by atoms with Crippen LogP contribution in [0, 0.1) is 6.92 Å². The van der Waals surface area contributed by atoms with Gasteiger partial charge in [0.05, 0.1) is 9.79 Å². The molecule has 0 aliphatic rings. The Morgan fingerprint density at radius 3 is 2.24 bits per heavy atom. The Kier molecular flexibility index (Phi) is 7.61. The fourth-order valence-corrected chi connectivity index (χ4v) is 4.64. The number of primary sulfonamides is 1. The third-order valence-corrected chi connectivity index (χ3v) is 7.32. The van der Waals surface area contributed by atoms with Crippen LogP contribution in [0.3, 0.4) is 0 Å². The van der Waals surface area contributed by atoms with Crippen LogP contribution in [0.15, 0.2) is 62.8 Å². The molecule has 33 heavy (non-hydrogen) atoms. The van der Waals surface area contributed by atoms with Crippen LogP contribution in [-0.4, -0.2) is 39.4 Å². The van der Waals surface area contributed by atoms with E-state index >= 15 is 0 Å². The van der Waals surface area contributed by atoms with Gasteiger partial charge in [-0.3, -0.25) is 4.79 Å². The van der Waals surface area contributed by atoms with Gasteiger partial charge in [0.2, 0.25) is 21.8 Å². The molecule has 3 N–H and O–H groups in total. The van der Waals surface area contributed by atoms with E-state index in [-0.39, 0.29) is 40.3 Å². The van der Waals surface area contributed by atoms with Gasteiger partial charge in [0.25, 0.3) is 0 Å². The number of amides is 1. The average molecular weight is 493 g/mol. The molecule has 0 saturated heterocycles. The minimum atomic E-state index is -3.73.